The molecule has 30 heavy (non-hydrogen) atoms. The number of hydrogen-bond donors (Lipinski definition) is 1. The standard InChI is InChI=1S/C21H23ClN4O4/c1-13(2)29-20(27)24-26(21(28)30-14(3)4)19-18(15-8-6-5-7-9-15)23-17-12-16(22)10-11-25(17)19/h5-14H,1-4H3,(H,24,27). The molecule has 0 bridgehead atoms. The number of imidazole rings is 1. The average Bonchev–Trinajstić information content (AvgIpc) is 3.03. The van der Waals surface area contributed by atoms with Crippen molar-refractivity contribution in [3.05, 3.63) is 53.7 Å². The Hall–Kier alpha value is -3.26. The number of anilines is 1. The van der Waals surface area contributed by atoms with E-state index < -0.39 is 18.3 Å². The largest absolute Gasteiger partial charge is 0.446 e. The third kappa shape index (κ3) is 4.83. The molecule has 0 unspecified atom stereocenters. The minimum atomic E-state index is -0.798. The van der Waals surface area contributed by atoms with Crippen LogP contribution in [0.3, 0.4) is 0 Å². The molecule has 3 rings (SSSR count). The van der Waals surface area contributed by atoms with Crippen LogP contribution in [-0.2, 0) is 9.47 Å². The summed E-state index contributed by atoms with van der Waals surface area (Å²) in [5.41, 5.74) is 4.18. The number of carbonyl (C=O) groups is 2. The third-order valence-electron chi connectivity index (χ3n) is 3.89. The van der Waals surface area contributed by atoms with Crippen LogP contribution in [0.1, 0.15) is 27.7 Å². The smallest absolute Gasteiger partial charge is 0.435 e. The van der Waals surface area contributed by atoms with Crippen LogP contribution >= 0.6 is 11.6 Å². The number of hydrazine groups is 1. The van der Waals surface area contributed by atoms with Crippen LogP contribution in [0.25, 0.3) is 16.9 Å². The van der Waals surface area contributed by atoms with Crippen LogP contribution in [0.4, 0.5) is 15.4 Å². The molecule has 0 aliphatic carbocycles. The monoisotopic (exact) mass is 430 g/mol. The number of benzene rings is 1. The molecule has 0 atom stereocenters. The summed E-state index contributed by atoms with van der Waals surface area (Å²) < 4.78 is 12.2. The van der Waals surface area contributed by atoms with E-state index in [4.69, 9.17) is 21.1 Å². The van der Waals surface area contributed by atoms with Crippen LogP contribution in [0.5, 0.6) is 0 Å². The van der Waals surface area contributed by atoms with Crippen molar-refractivity contribution in [2.24, 2.45) is 0 Å². The van der Waals surface area contributed by atoms with E-state index in [0.717, 1.165) is 10.6 Å². The normalized spacial score (nSPS) is 11.0. The van der Waals surface area contributed by atoms with Crippen molar-refractivity contribution in [3.8, 4) is 11.3 Å². The zero-order valence-corrected chi connectivity index (χ0v) is 17.9. The molecule has 1 aromatic carbocycles. The molecular formula is C21H23ClN4O4. The molecule has 8 nitrogen and oxygen atoms in total. The number of halogens is 1. The van der Waals surface area contributed by atoms with Crippen molar-refractivity contribution in [2.75, 3.05) is 5.01 Å². The van der Waals surface area contributed by atoms with E-state index in [1.54, 1.807) is 50.4 Å². The van der Waals surface area contributed by atoms with Crippen LogP contribution in [0.2, 0.25) is 5.02 Å². The van der Waals surface area contributed by atoms with E-state index in [9.17, 15) is 9.59 Å². The zero-order chi connectivity index (χ0) is 21.8. The summed E-state index contributed by atoms with van der Waals surface area (Å²) in [6, 6.07) is 12.6. The van der Waals surface area contributed by atoms with Crippen molar-refractivity contribution >= 4 is 35.3 Å². The van der Waals surface area contributed by atoms with Gasteiger partial charge < -0.3 is 9.47 Å². The summed E-state index contributed by atoms with van der Waals surface area (Å²) in [7, 11) is 0. The molecule has 1 N–H and O–H groups in total. The number of aromatic nitrogens is 2. The average molecular weight is 431 g/mol. The molecule has 0 spiro atoms. The number of nitrogens with zero attached hydrogens (tertiary/aromatic N) is 3. The number of pyridine rings is 1. The van der Waals surface area contributed by atoms with E-state index in [-0.39, 0.29) is 6.10 Å². The number of nitrogens with one attached hydrogen (secondary N) is 1. The van der Waals surface area contributed by atoms with E-state index >= 15 is 0 Å². The highest BCUT2D eigenvalue weighted by Gasteiger charge is 2.29. The van der Waals surface area contributed by atoms with Gasteiger partial charge in [-0.1, -0.05) is 41.9 Å². The molecule has 3 aromatic rings. The number of amides is 2. The number of hydrogen-bond acceptors (Lipinski definition) is 5. The van der Waals surface area contributed by atoms with Crippen molar-refractivity contribution in [2.45, 2.75) is 39.9 Å². The molecule has 2 heterocycles. The second kappa shape index (κ2) is 9.04. The summed E-state index contributed by atoms with van der Waals surface area (Å²) >= 11 is 6.13. The summed E-state index contributed by atoms with van der Waals surface area (Å²) in [5.74, 6) is 0.291. The number of rotatable bonds is 4. The molecule has 9 heteroatoms. The Morgan fingerprint density at radius 2 is 1.73 bits per heavy atom. The van der Waals surface area contributed by atoms with Gasteiger partial charge in [-0.05, 0) is 33.8 Å². The fraction of sp³-hybridized carbons (Fsp3) is 0.286. The zero-order valence-electron chi connectivity index (χ0n) is 17.1. The lowest BCUT2D eigenvalue weighted by molar-refractivity contribution is 0.103. The van der Waals surface area contributed by atoms with Gasteiger partial charge in [0, 0.05) is 22.8 Å². The first-order valence-corrected chi connectivity index (χ1v) is 9.85. The molecule has 0 aliphatic rings. The first-order valence-electron chi connectivity index (χ1n) is 9.47. The first kappa shape index (κ1) is 21.4. The predicted octanol–water partition coefficient (Wildman–Crippen LogP) is 5.06. The van der Waals surface area contributed by atoms with Gasteiger partial charge in [0.05, 0.1) is 12.2 Å². The molecule has 158 valence electrons. The fourth-order valence-electron chi connectivity index (χ4n) is 2.78. The van der Waals surface area contributed by atoms with Gasteiger partial charge in [0.1, 0.15) is 11.3 Å². The summed E-state index contributed by atoms with van der Waals surface area (Å²) in [4.78, 5) is 29.9. The Bertz CT molecular complexity index is 1050. The van der Waals surface area contributed by atoms with Crippen molar-refractivity contribution in [3.63, 3.8) is 0 Å². The van der Waals surface area contributed by atoms with Crippen LogP contribution in [-0.4, -0.2) is 33.8 Å². The first-order chi connectivity index (χ1) is 14.3. The van der Waals surface area contributed by atoms with E-state index in [1.807, 2.05) is 30.3 Å². The fourth-order valence-corrected chi connectivity index (χ4v) is 2.94. The lowest BCUT2D eigenvalue weighted by Gasteiger charge is -2.24. The maximum Gasteiger partial charge on any atom is 0.435 e. The van der Waals surface area contributed by atoms with Gasteiger partial charge in [0.2, 0.25) is 0 Å². The van der Waals surface area contributed by atoms with Gasteiger partial charge in [-0.15, -0.1) is 0 Å². The van der Waals surface area contributed by atoms with Crippen LogP contribution in [0.15, 0.2) is 48.7 Å². The highest BCUT2D eigenvalue weighted by Crippen LogP contribution is 2.32. The van der Waals surface area contributed by atoms with Gasteiger partial charge in [0.15, 0.2) is 5.82 Å². The molecule has 2 aromatic heterocycles. The van der Waals surface area contributed by atoms with E-state index in [1.165, 1.54) is 0 Å². The Morgan fingerprint density at radius 1 is 1.07 bits per heavy atom. The molecule has 0 aliphatic heterocycles. The van der Waals surface area contributed by atoms with E-state index in [2.05, 4.69) is 10.4 Å². The molecule has 0 saturated carbocycles. The summed E-state index contributed by atoms with van der Waals surface area (Å²) in [6.07, 6.45) is -0.690. The molecule has 0 saturated heterocycles. The number of fused-ring (bicyclic) bond motifs is 1. The minimum Gasteiger partial charge on any atom is -0.446 e. The Kier molecular flexibility index (Phi) is 6.47. The van der Waals surface area contributed by atoms with Gasteiger partial charge in [-0.2, -0.15) is 5.01 Å². The lowest BCUT2D eigenvalue weighted by atomic mass is 10.1. The Morgan fingerprint density at radius 3 is 2.37 bits per heavy atom. The quantitative estimate of drug-likeness (QED) is 0.585. The maximum absolute atomic E-state index is 12.9. The van der Waals surface area contributed by atoms with Crippen molar-refractivity contribution < 1.29 is 19.1 Å². The Balaban J connectivity index is 2.18. The summed E-state index contributed by atoms with van der Waals surface area (Å²) in [6.45, 7) is 6.85. The SMILES string of the molecule is CC(C)OC(=O)NN(C(=O)OC(C)C)c1c(-c2ccccc2)nc2cc(Cl)ccn12. The lowest BCUT2D eigenvalue weighted by Crippen LogP contribution is -2.48. The van der Waals surface area contributed by atoms with Gasteiger partial charge >= 0.3 is 12.2 Å². The van der Waals surface area contributed by atoms with Crippen LogP contribution in [0, 0.1) is 0 Å². The molecule has 0 radical (unpaired) electrons. The van der Waals surface area contributed by atoms with E-state index in [0.29, 0.717) is 22.2 Å². The molecule has 0 fully saturated rings. The predicted molar refractivity (Wildman–Crippen MR) is 114 cm³/mol. The molecular weight excluding hydrogens is 408 g/mol. The minimum absolute atomic E-state index is 0.291. The number of ether oxygens (including phenoxy) is 2. The van der Waals surface area contributed by atoms with Crippen molar-refractivity contribution in [1.82, 2.24) is 14.8 Å². The Labute approximate surface area is 179 Å². The molecule has 2 amide bonds. The second-order valence-electron chi connectivity index (χ2n) is 7.06. The van der Waals surface area contributed by atoms with Crippen molar-refractivity contribution in [1.29, 1.82) is 0 Å². The highest BCUT2D eigenvalue weighted by atomic mass is 35.5. The highest BCUT2D eigenvalue weighted by molar-refractivity contribution is 6.30. The van der Waals surface area contributed by atoms with Crippen LogP contribution < -0.4 is 10.4 Å². The van der Waals surface area contributed by atoms with Gasteiger partial charge in [-0.25, -0.2) is 20.0 Å². The maximum atomic E-state index is 12.9. The van der Waals surface area contributed by atoms with Gasteiger partial charge in [0.25, 0.3) is 0 Å². The number of carbonyl (C=O) groups excluding carboxylic acids is 2. The summed E-state index contributed by atoms with van der Waals surface area (Å²) in [5, 5.41) is 1.49. The topological polar surface area (TPSA) is 85.2 Å². The van der Waals surface area contributed by atoms with Gasteiger partial charge in [-0.3, -0.25) is 4.40 Å². The second-order valence-corrected chi connectivity index (χ2v) is 7.49. The third-order valence-corrected chi connectivity index (χ3v) is 4.12.